The molecular formula is C18H32N2O4. The zero-order chi connectivity index (χ0) is 16.8. The third-order valence-electron chi connectivity index (χ3n) is 5.59. The molecule has 24 heavy (non-hydrogen) atoms. The molecule has 3 heterocycles. The Morgan fingerprint density at radius 3 is 2.75 bits per heavy atom. The quantitative estimate of drug-likeness (QED) is 0.651. The van der Waals surface area contributed by atoms with Crippen LogP contribution in [0.1, 0.15) is 32.6 Å². The second-order valence-electron chi connectivity index (χ2n) is 7.14. The SMILES string of the molecule is CC[C@@H]1CN(C(=O)CCOC[C@H]2CCCO2)C[C@H]1N1CCOCC1. The number of carbonyl (C=O) groups excluding carboxylic acids is 1. The molecule has 0 aromatic heterocycles. The van der Waals surface area contributed by atoms with Gasteiger partial charge in [0.15, 0.2) is 0 Å². The van der Waals surface area contributed by atoms with Crippen molar-refractivity contribution in [2.75, 3.05) is 59.2 Å². The molecule has 0 aromatic rings. The molecule has 0 aliphatic carbocycles. The van der Waals surface area contributed by atoms with Crippen molar-refractivity contribution in [2.45, 2.75) is 44.8 Å². The summed E-state index contributed by atoms with van der Waals surface area (Å²) in [4.78, 5) is 17.1. The third-order valence-corrected chi connectivity index (χ3v) is 5.59. The molecular weight excluding hydrogens is 308 g/mol. The highest BCUT2D eigenvalue weighted by Crippen LogP contribution is 2.26. The van der Waals surface area contributed by atoms with Gasteiger partial charge >= 0.3 is 0 Å². The van der Waals surface area contributed by atoms with Gasteiger partial charge < -0.3 is 19.1 Å². The average Bonchev–Trinajstić information content (AvgIpc) is 3.28. The highest BCUT2D eigenvalue weighted by atomic mass is 16.5. The van der Waals surface area contributed by atoms with Crippen molar-refractivity contribution in [3.63, 3.8) is 0 Å². The number of amides is 1. The van der Waals surface area contributed by atoms with Crippen LogP contribution in [0, 0.1) is 5.92 Å². The van der Waals surface area contributed by atoms with Gasteiger partial charge in [-0.2, -0.15) is 0 Å². The number of morpholine rings is 1. The van der Waals surface area contributed by atoms with E-state index in [4.69, 9.17) is 14.2 Å². The number of hydrogen-bond donors (Lipinski definition) is 0. The molecule has 6 heteroatoms. The van der Waals surface area contributed by atoms with Crippen molar-refractivity contribution in [3.8, 4) is 0 Å². The maximum Gasteiger partial charge on any atom is 0.224 e. The molecule has 3 aliphatic heterocycles. The number of ether oxygens (including phenoxy) is 3. The van der Waals surface area contributed by atoms with Gasteiger partial charge in [0, 0.05) is 38.8 Å². The first-order chi connectivity index (χ1) is 11.8. The van der Waals surface area contributed by atoms with Crippen molar-refractivity contribution in [1.82, 2.24) is 9.80 Å². The summed E-state index contributed by atoms with van der Waals surface area (Å²) in [5, 5.41) is 0. The van der Waals surface area contributed by atoms with E-state index in [9.17, 15) is 4.79 Å². The van der Waals surface area contributed by atoms with Crippen molar-refractivity contribution in [3.05, 3.63) is 0 Å². The molecule has 6 nitrogen and oxygen atoms in total. The Kier molecular flexibility index (Phi) is 6.89. The van der Waals surface area contributed by atoms with Crippen molar-refractivity contribution in [2.24, 2.45) is 5.92 Å². The first-order valence-electron chi connectivity index (χ1n) is 9.57. The summed E-state index contributed by atoms with van der Waals surface area (Å²) in [5.74, 6) is 0.816. The minimum atomic E-state index is 0.233. The predicted molar refractivity (Wildman–Crippen MR) is 91.0 cm³/mol. The summed E-state index contributed by atoms with van der Waals surface area (Å²) in [6.45, 7) is 9.60. The van der Waals surface area contributed by atoms with E-state index in [0.29, 0.717) is 31.6 Å². The average molecular weight is 340 g/mol. The minimum absolute atomic E-state index is 0.233. The maximum atomic E-state index is 12.5. The Morgan fingerprint density at radius 2 is 2.04 bits per heavy atom. The highest BCUT2D eigenvalue weighted by Gasteiger charge is 2.37. The molecule has 3 aliphatic rings. The van der Waals surface area contributed by atoms with E-state index in [1.54, 1.807) is 0 Å². The van der Waals surface area contributed by atoms with Crippen LogP contribution < -0.4 is 0 Å². The zero-order valence-corrected chi connectivity index (χ0v) is 15.0. The van der Waals surface area contributed by atoms with Crippen LogP contribution >= 0.6 is 0 Å². The van der Waals surface area contributed by atoms with E-state index in [1.165, 1.54) is 0 Å². The van der Waals surface area contributed by atoms with E-state index in [-0.39, 0.29) is 12.0 Å². The smallest absolute Gasteiger partial charge is 0.224 e. The van der Waals surface area contributed by atoms with E-state index < -0.39 is 0 Å². The van der Waals surface area contributed by atoms with Crippen molar-refractivity contribution in [1.29, 1.82) is 0 Å². The molecule has 0 saturated carbocycles. The molecule has 0 aromatic carbocycles. The summed E-state index contributed by atoms with van der Waals surface area (Å²) >= 11 is 0. The molecule has 3 atom stereocenters. The molecule has 3 rings (SSSR count). The predicted octanol–water partition coefficient (Wildman–Crippen LogP) is 1.14. The van der Waals surface area contributed by atoms with Crippen molar-refractivity contribution >= 4 is 5.91 Å². The van der Waals surface area contributed by atoms with Gasteiger partial charge in [-0.25, -0.2) is 0 Å². The lowest BCUT2D eigenvalue weighted by atomic mass is 9.99. The van der Waals surface area contributed by atoms with Crippen LogP contribution in [0.3, 0.4) is 0 Å². The fourth-order valence-electron chi connectivity index (χ4n) is 4.09. The number of carbonyl (C=O) groups is 1. The third kappa shape index (κ3) is 4.69. The normalized spacial score (nSPS) is 31.7. The Labute approximate surface area is 145 Å². The summed E-state index contributed by atoms with van der Waals surface area (Å²) in [5.41, 5.74) is 0. The number of rotatable bonds is 7. The molecule has 3 fully saturated rings. The lowest BCUT2D eigenvalue weighted by Gasteiger charge is -2.34. The molecule has 138 valence electrons. The first kappa shape index (κ1) is 18.1. The summed E-state index contributed by atoms with van der Waals surface area (Å²) in [6, 6.07) is 0.496. The van der Waals surface area contributed by atoms with Crippen molar-refractivity contribution < 1.29 is 19.0 Å². The number of likely N-dealkylation sites (tertiary alicyclic amines) is 1. The highest BCUT2D eigenvalue weighted by molar-refractivity contribution is 5.76. The van der Waals surface area contributed by atoms with Gasteiger partial charge in [0.2, 0.25) is 5.91 Å². The second kappa shape index (κ2) is 9.13. The molecule has 0 spiro atoms. The molecule has 0 radical (unpaired) electrons. The number of hydrogen-bond acceptors (Lipinski definition) is 5. The Bertz CT molecular complexity index is 394. The van der Waals surface area contributed by atoms with E-state index in [0.717, 1.165) is 65.3 Å². The van der Waals surface area contributed by atoms with Crippen LogP contribution in [0.2, 0.25) is 0 Å². The summed E-state index contributed by atoms with van der Waals surface area (Å²) in [6.07, 6.45) is 4.06. The minimum Gasteiger partial charge on any atom is -0.379 e. The van der Waals surface area contributed by atoms with E-state index in [1.807, 2.05) is 4.90 Å². The summed E-state index contributed by atoms with van der Waals surface area (Å²) < 4.78 is 16.6. The monoisotopic (exact) mass is 340 g/mol. The van der Waals surface area contributed by atoms with Crippen LogP contribution in [0.4, 0.5) is 0 Å². The molecule has 0 unspecified atom stereocenters. The Hall–Kier alpha value is -0.690. The van der Waals surface area contributed by atoms with Gasteiger partial charge in [0.1, 0.15) is 0 Å². The van der Waals surface area contributed by atoms with Gasteiger partial charge in [-0.1, -0.05) is 13.3 Å². The number of nitrogens with zero attached hydrogens (tertiary/aromatic N) is 2. The Balaban J connectivity index is 1.39. The fraction of sp³-hybridized carbons (Fsp3) is 0.944. The van der Waals surface area contributed by atoms with Crippen LogP contribution in [0.15, 0.2) is 0 Å². The molecule has 3 saturated heterocycles. The zero-order valence-electron chi connectivity index (χ0n) is 15.0. The molecule has 0 N–H and O–H groups in total. The lowest BCUT2D eigenvalue weighted by molar-refractivity contribution is -0.131. The first-order valence-corrected chi connectivity index (χ1v) is 9.57. The summed E-state index contributed by atoms with van der Waals surface area (Å²) in [7, 11) is 0. The van der Waals surface area contributed by atoms with Gasteiger partial charge in [0.25, 0.3) is 0 Å². The fourth-order valence-corrected chi connectivity index (χ4v) is 4.09. The van der Waals surface area contributed by atoms with Gasteiger partial charge in [-0.05, 0) is 18.8 Å². The van der Waals surface area contributed by atoms with Crippen LogP contribution in [0.5, 0.6) is 0 Å². The van der Waals surface area contributed by atoms with Crippen LogP contribution in [-0.4, -0.2) is 87.1 Å². The lowest BCUT2D eigenvalue weighted by Crippen LogP contribution is -2.47. The van der Waals surface area contributed by atoms with Crippen LogP contribution in [-0.2, 0) is 19.0 Å². The molecule has 1 amide bonds. The molecule has 0 bridgehead atoms. The standard InChI is InChI=1S/C18H32N2O4/c1-2-15-12-20(13-17(15)19-6-10-22-11-7-19)18(21)5-9-23-14-16-4-3-8-24-16/h15-17H,2-14H2,1H3/t15-,16-,17-/m1/s1. The Morgan fingerprint density at radius 1 is 1.21 bits per heavy atom. The van der Waals surface area contributed by atoms with Gasteiger partial charge in [0.05, 0.1) is 39.0 Å². The largest absolute Gasteiger partial charge is 0.379 e. The maximum absolute atomic E-state index is 12.5. The van der Waals surface area contributed by atoms with E-state index >= 15 is 0 Å². The van der Waals surface area contributed by atoms with Crippen LogP contribution in [0.25, 0.3) is 0 Å². The second-order valence-corrected chi connectivity index (χ2v) is 7.14. The van der Waals surface area contributed by atoms with Gasteiger partial charge in [-0.15, -0.1) is 0 Å². The van der Waals surface area contributed by atoms with Gasteiger partial charge in [-0.3, -0.25) is 9.69 Å². The topological polar surface area (TPSA) is 51.2 Å². The van der Waals surface area contributed by atoms with E-state index in [2.05, 4.69) is 11.8 Å².